The monoisotopic (exact) mass is 292 g/mol. The first kappa shape index (κ1) is 14.2. The van der Waals surface area contributed by atoms with E-state index in [0.29, 0.717) is 0 Å². The molecule has 3 heterocycles. The van der Waals surface area contributed by atoms with Crippen molar-refractivity contribution in [3.05, 3.63) is 24.4 Å². The van der Waals surface area contributed by atoms with Crippen LogP contribution in [0.5, 0.6) is 0 Å². The number of nitrogens with two attached hydrogens (primary N) is 1. The molecule has 0 aromatic carbocycles. The summed E-state index contributed by atoms with van der Waals surface area (Å²) in [6, 6.07) is 6.14. The van der Waals surface area contributed by atoms with Crippen molar-refractivity contribution in [1.82, 2.24) is 9.88 Å². The van der Waals surface area contributed by atoms with Gasteiger partial charge in [-0.05, 0) is 36.5 Å². The molecule has 2 N–H and O–H groups in total. The largest absolute Gasteiger partial charge is 0.354 e. The van der Waals surface area contributed by atoms with Gasteiger partial charge in [0.1, 0.15) is 5.82 Å². The third-order valence-electron chi connectivity index (χ3n) is 4.73. The fourth-order valence-corrected chi connectivity index (χ4v) is 4.60. The zero-order valence-corrected chi connectivity index (χ0v) is 12.8. The van der Waals surface area contributed by atoms with E-state index in [0.717, 1.165) is 38.5 Å². The lowest BCUT2D eigenvalue weighted by molar-refractivity contribution is 0.0781. The molecule has 2 aliphatic rings. The molecule has 0 amide bonds. The minimum atomic E-state index is 0.265. The molecule has 0 unspecified atom stereocenters. The summed E-state index contributed by atoms with van der Waals surface area (Å²) >= 11 is 2.07. The molecule has 110 valence electrons. The highest BCUT2D eigenvalue weighted by Gasteiger charge is 2.38. The van der Waals surface area contributed by atoms with E-state index in [1.54, 1.807) is 0 Å². The number of nitrogens with zero attached hydrogens (tertiary/aromatic N) is 3. The summed E-state index contributed by atoms with van der Waals surface area (Å²) in [7, 11) is 0. The highest BCUT2D eigenvalue weighted by atomic mass is 32.2. The number of anilines is 1. The molecular weight excluding hydrogens is 268 g/mol. The van der Waals surface area contributed by atoms with E-state index in [2.05, 4.69) is 38.7 Å². The van der Waals surface area contributed by atoms with Gasteiger partial charge in [-0.3, -0.25) is 4.90 Å². The molecule has 0 aliphatic carbocycles. The summed E-state index contributed by atoms with van der Waals surface area (Å²) in [4.78, 5) is 9.49. The molecule has 0 spiro atoms. The second kappa shape index (κ2) is 6.33. The summed E-state index contributed by atoms with van der Waals surface area (Å²) in [6.45, 7) is 5.14. The molecule has 5 heteroatoms. The molecule has 0 atom stereocenters. The summed E-state index contributed by atoms with van der Waals surface area (Å²) < 4.78 is 0. The number of aromatic nitrogens is 1. The van der Waals surface area contributed by atoms with Gasteiger partial charge in [0.05, 0.1) is 0 Å². The minimum Gasteiger partial charge on any atom is -0.354 e. The molecule has 1 aromatic heterocycles. The molecule has 0 bridgehead atoms. The first-order valence-electron chi connectivity index (χ1n) is 7.53. The molecule has 1 aromatic rings. The molecular formula is C15H24N4S. The molecule has 2 fully saturated rings. The van der Waals surface area contributed by atoms with Crippen LogP contribution in [-0.2, 0) is 0 Å². The van der Waals surface area contributed by atoms with Crippen molar-refractivity contribution >= 4 is 17.6 Å². The quantitative estimate of drug-likeness (QED) is 0.913. The molecule has 3 rings (SSSR count). The highest BCUT2D eigenvalue weighted by Crippen LogP contribution is 2.32. The van der Waals surface area contributed by atoms with Gasteiger partial charge in [0, 0.05) is 44.5 Å². The zero-order valence-electron chi connectivity index (χ0n) is 12.0. The molecule has 0 saturated carbocycles. The van der Waals surface area contributed by atoms with E-state index in [1.807, 2.05) is 12.3 Å². The SMILES string of the molecule is NCC1(N2CCN(c3ccccn3)CC2)CCSCC1. The minimum absolute atomic E-state index is 0.265. The average Bonchev–Trinajstić information content (AvgIpc) is 2.56. The van der Waals surface area contributed by atoms with Crippen molar-refractivity contribution in [3.63, 3.8) is 0 Å². The van der Waals surface area contributed by atoms with Crippen molar-refractivity contribution in [1.29, 1.82) is 0 Å². The van der Waals surface area contributed by atoms with Crippen molar-refractivity contribution in [3.8, 4) is 0 Å². The fraction of sp³-hybridized carbons (Fsp3) is 0.667. The smallest absolute Gasteiger partial charge is 0.128 e. The van der Waals surface area contributed by atoms with E-state index in [4.69, 9.17) is 5.73 Å². The predicted molar refractivity (Wildman–Crippen MR) is 86.4 cm³/mol. The summed E-state index contributed by atoms with van der Waals surface area (Å²) in [5.41, 5.74) is 6.40. The van der Waals surface area contributed by atoms with Crippen molar-refractivity contribution < 1.29 is 0 Å². The maximum Gasteiger partial charge on any atom is 0.128 e. The second-order valence-corrected chi connectivity index (χ2v) is 6.93. The normalized spacial score (nSPS) is 23.8. The third kappa shape index (κ3) is 2.80. The Morgan fingerprint density at radius 1 is 1.15 bits per heavy atom. The van der Waals surface area contributed by atoms with Gasteiger partial charge in [0.25, 0.3) is 0 Å². The summed E-state index contributed by atoms with van der Waals surface area (Å²) in [6.07, 6.45) is 4.37. The van der Waals surface area contributed by atoms with E-state index in [-0.39, 0.29) is 5.54 Å². The van der Waals surface area contributed by atoms with Gasteiger partial charge >= 0.3 is 0 Å². The van der Waals surface area contributed by atoms with E-state index >= 15 is 0 Å². The number of thioether (sulfide) groups is 1. The van der Waals surface area contributed by atoms with Gasteiger partial charge in [-0.15, -0.1) is 0 Å². The Balaban J connectivity index is 1.63. The number of hydrogen-bond acceptors (Lipinski definition) is 5. The van der Waals surface area contributed by atoms with Crippen LogP contribution in [0.3, 0.4) is 0 Å². The lowest BCUT2D eigenvalue weighted by atomic mass is 9.89. The Kier molecular flexibility index (Phi) is 4.48. The predicted octanol–water partition coefficient (Wildman–Crippen LogP) is 1.43. The highest BCUT2D eigenvalue weighted by molar-refractivity contribution is 7.99. The van der Waals surface area contributed by atoms with Gasteiger partial charge < -0.3 is 10.6 Å². The van der Waals surface area contributed by atoms with Gasteiger partial charge in [-0.2, -0.15) is 11.8 Å². The summed E-state index contributed by atoms with van der Waals surface area (Å²) in [5.74, 6) is 3.63. The van der Waals surface area contributed by atoms with Crippen LogP contribution in [0, 0.1) is 0 Å². The second-order valence-electron chi connectivity index (χ2n) is 5.70. The van der Waals surface area contributed by atoms with Gasteiger partial charge in [-0.25, -0.2) is 4.98 Å². The molecule has 2 saturated heterocycles. The lowest BCUT2D eigenvalue weighted by Gasteiger charge is -2.49. The van der Waals surface area contributed by atoms with Crippen LogP contribution in [-0.4, -0.2) is 59.7 Å². The van der Waals surface area contributed by atoms with Crippen molar-refractivity contribution in [2.75, 3.05) is 49.1 Å². The number of rotatable bonds is 3. The zero-order chi connectivity index (χ0) is 13.8. The first-order valence-corrected chi connectivity index (χ1v) is 8.68. The Labute approximate surface area is 125 Å². The lowest BCUT2D eigenvalue weighted by Crippen LogP contribution is -2.61. The number of piperazine rings is 1. The topological polar surface area (TPSA) is 45.4 Å². The Morgan fingerprint density at radius 2 is 1.90 bits per heavy atom. The molecule has 20 heavy (non-hydrogen) atoms. The molecule has 2 aliphatic heterocycles. The van der Waals surface area contributed by atoms with Gasteiger partial charge in [0.2, 0.25) is 0 Å². The standard InChI is InChI=1S/C15H24N4S/c16-13-15(4-11-20-12-5-15)19-9-7-18(8-10-19)14-3-1-2-6-17-14/h1-3,6H,4-5,7-13,16H2. The maximum atomic E-state index is 6.14. The van der Waals surface area contributed by atoms with Crippen molar-refractivity contribution in [2.45, 2.75) is 18.4 Å². The number of pyridine rings is 1. The van der Waals surface area contributed by atoms with E-state index in [9.17, 15) is 0 Å². The first-order chi connectivity index (χ1) is 9.84. The van der Waals surface area contributed by atoms with E-state index < -0.39 is 0 Å². The van der Waals surface area contributed by atoms with E-state index in [1.165, 1.54) is 24.3 Å². The van der Waals surface area contributed by atoms with Gasteiger partial charge in [0.15, 0.2) is 0 Å². The van der Waals surface area contributed by atoms with Crippen LogP contribution < -0.4 is 10.6 Å². The average molecular weight is 292 g/mol. The number of hydrogen-bond donors (Lipinski definition) is 1. The Bertz CT molecular complexity index is 411. The van der Waals surface area contributed by atoms with Crippen LogP contribution in [0.4, 0.5) is 5.82 Å². The van der Waals surface area contributed by atoms with Crippen molar-refractivity contribution in [2.24, 2.45) is 5.73 Å². The van der Waals surface area contributed by atoms with Crippen LogP contribution in [0.1, 0.15) is 12.8 Å². The maximum absolute atomic E-state index is 6.14. The third-order valence-corrected chi connectivity index (χ3v) is 5.71. The van der Waals surface area contributed by atoms with Gasteiger partial charge in [-0.1, -0.05) is 6.07 Å². The van der Waals surface area contributed by atoms with Crippen LogP contribution in [0.2, 0.25) is 0 Å². The summed E-state index contributed by atoms with van der Waals surface area (Å²) in [5, 5.41) is 0. The van der Waals surface area contributed by atoms with Crippen LogP contribution >= 0.6 is 11.8 Å². The van der Waals surface area contributed by atoms with Crippen LogP contribution in [0.15, 0.2) is 24.4 Å². The molecule has 0 radical (unpaired) electrons. The Hall–Kier alpha value is -0.780. The fourth-order valence-electron chi connectivity index (χ4n) is 3.35. The molecule has 4 nitrogen and oxygen atoms in total. The Morgan fingerprint density at radius 3 is 2.50 bits per heavy atom. The van der Waals surface area contributed by atoms with Crippen LogP contribution in [0.25, 0.3) is 0 Å².